The van der Waals surface area contributed by atoms with Gasteiger partial charge in [-0.1, -0.05) is 12.1 Å². The van der Waals surface area contributed by atoms with Gasteiger partial charge in [0.15, 0.2) is 5.69 Å². The molecule has 1 saturated carbocycles. The number of esters is 1. The highest BCUT2D eigenvalue weighted by Crippen LogP contribution is 2.49. The third-order valence-electron chi connectivity index (χ3n) is 3.39. The third kappa shape index (κ3) is 2.53. The van der Waals surface area contributed by atoms with Crippen LogP contribution < -0.4 is 5.23 Å². The summed E-state index contributed by atoms with van der Waals surface area (Å²) >= 11 is 0. The molecular weight excluding hydrogens is 234 g/mol. The van der Waals surface area contributed by atoms with E-state index in [1.54, 1.807) is 12.1 Å². The van der Waals surface area contributed by atoms with Crippen LogP contribution in [0.4, 0.5) is 5.69 Å². The van der Waals surface area contributed by atoms with Gasteiger partial charge in [0.25, 0.3) is 0 Å². The zero-order valence-corrected chi connectivity index (χ0v) is 10.6. The van der Waals surface area contributed by atoms with Crippen LogP contribution in [0.15, 0.2) is 24.3 Å². The first-order chi connectivity index (χ1) is 8.61. The Labute approximate surface area is 106 Å². The second-order valence-corrected chi connectivity index (χ2v) is 4.64. The molecule has 5 nitrogen and oxygen atoms in total. The number of nitrogens with one attached hydrogen (secondary N) is 1. The largest absolute Gasteiger partial charge is 0.595 e. The van der Waals surface area contributed by atoms with Crippen molar-refractivity contribution in [3.63, 3.8) is 0 Å². The van der Waals surface area contributed by atoms with Gasteiger partial charge in [0.1, 0.15) is 0 Å². The Morgan fingerprint density at radius 1 is 1.33 bits per heavy atom. The maximum Gasteiger partial charge on any atom is 0.312 e. The van der Waals surface area contributed by atoms with Crippen molar-refractivity contribution in [3.8, 4) is 0 Å². The van der Waals surface area contributed by atoms with Gasteiger partial charge in [0.05, 0.1) is 19.6 Å². The van der Waals surface area contributed by atoms with Crippen LogP contribution in [-0.4, -0.2) is 20.2 Å². The molecule has 1 N–H and O–H groups in total. The van der Waals surface area contributed by atoms with Crippen molar-refractivity contribution in [3.05, 3.63) is 35.0 Å². The predicted octanol–water partition coefficient (Wildman–Crippen LogP) is 0.758. The summed E-state index contributed by atoms with van der Waals surface area (Å²) in [5.74, 6) is -0.139. The maximum atomic E-state index is 11.6. The molecule has 98 valence electrons. The van der Waals surface area contributed by atoms with Gasteiger partial charge in [-0.2, -0.15) is 5.23 Å². The minimum absolute atomic E-state index is 0.139. The molecule has 5 heteroatoms. The molecule has 18 heavy (non-hydrogen) atoms. The van der Waals surface area contributed by atoms with E-state index in [1.807, 2.05) is 12.1 Å². The van der Waals surface area contributed by atoms with Gasteiger partial charge in [-0.3, -0.25) is 4.79 Å². The number of benzene rings is 1. The molecule has 1 aliphatic rings. The van der Waals surface area contributed by atoms with Crippen molar-refractivity contribution in [2.75, 3.05) is 14.2 Å². The van der Waals surface area contributed by atoms with Gasteiger partial charge in [-0.05, 0) is 24.8 Å². The highest BCUT2D eigenvalue weighted by molar-refractivity contribution is 5.80. The molecule has 0 saturated heterocycles. The fraction of sp³-hybridized carbons (Fsp3) is 0.462. The number of hydrogen-bond donors (Lipinski definition) is 1. The molecule has 1 fully saturated rings. The van der Waals surface area contributed by atoms with E-state index in [2.05, 4.69) is 4.84 Å². The minimum atomic E-state index is -0.351. The van der Waals surface area contributed by atoms with Crippen molar-refractivity contribution in [1.82, 2.24) is 0 Å². The normalized spacial score (nSPS) is 18.2. The van der Waals surface area contributed by atoms with Crippen molar-refractivity contribution in [2.45, 2.75) is 19.3 Å². The van der Waals surface area contributed by atoms with Crippen LogP contribution in [0.5, 0.6) is 0 Å². The first-order valence-corrected chi connectivity index (χ1v) is 5.87. The average molecular weight is 251 g/mol. The molecule has 0 amide bonds. The maximum absolute atomic E-state index is 11.6. The van der Waals surface area contributed by atoms with E-state index in [-0.39, 0.29) is 16.6 Å². The Morgan fingerprint density at radius 2 is 1.94 bits per heavy atom. The Hall–Kier alpha value is -1.43. The lowest BCUT2D eigenvalue weighted by molar-refractivity contribution is -0.992. The van der Waals surface area contributed by atoms with Gasteiger partial charge in [-0.25, -0.2) is 4.84 Å². The molecule has 1 aliphatic carbocycles. The molecule has 1 unspecified atom stereocenters. The van der Waals surface area contributed by atoms with Crippen LogP contribution in [-0.2, 0) is 20.8 Å². The van der Waals surface area contributed by atoms with Crippen LogP contribution in [0.2, 0.25) is 0 Å². The van der Waals surface area contributed by atoms with E-state index < -0.39 is 0 Å². The number of carbonyl (C=O) groups is 1. The zero-order valence-electron chi connectivity index (χ0n) is 10.6. The van der Waals surface area contributed by atoms with Crippen molar-refractivity contribution in [1.29, 1.82) is 0 Å². The number of ether oxygens (including phenoxy) is 1. The van der Waals surface area contributed by atoms with Gasteiger partial charge < -0.3 is 9.94 Å². The molecular formula is C13H17NO4. The Kier molecular flexibility index (Phi) is 3.65. The van der Waals surface area contributed by atoms with E-state index in [0.717, 1.165) is 18.4 Å². The summed E-state index contributed by atoms with van der Waals surface area (Å²) in [5, 5.41) is 10.9. The van der Waals surface area contributed by atoms with Gasteiger partial charge >= 0.3 is 5.97 Å². The van der Waals surface area contributed by atoms with E-state index >= 15 is 0 Å². The Bertz CT molecular complexity index is 425. The lowest BCUT2D eigenvalue weighted by Crippen LogP contribution is -3.00. The van der Waals surface area contributed by atoms with E-state index in [9.17, 15) is 10.0 Å². The van der Waals surface area contributed by atoms with Crippen LogP contribution in [0.1, 0.15) is 18.4 Å². The Morgan fingerprint density at radius 3 is 2.39 bits per heavy atom. The molecule has 0 aromatic heterocycles. The molecule has 0 aliphatic heterocycles. The van der Waals surface area contributed by atoms with E-state index in [4.69, 9.17) is 4.74 Å². The van der Waals surface area contributed by atoms with Crippen LogP contribution in [0.25, 0.3) is 0 Å². The summed E-state index contributed by atoms with van der Waals surface area (Å²) in [6.45, 7) is 0. The number of carbonyl (C=O) groups excluding carboxylic acids is 1. The SMILES string of the molecule is COC(=O)C1(Cc2ccc([NH+]([O-])OC)cc2)CC1. The van der Waals surface area contributed by atoms with Gasteiger partial charge in [-0.15, -0.1) is 0 Å². The molecule has 1 aromatic carbocycles. The number of hydrogen-bond acceptors (Lipinski definition) is 4. The van der Waals surface area contributed by atoms with Crippen molar-refractivity contribution in [2.24, 2.45) is 5.41 Å². The fourth-order valence-electron chi connectivity index (χ4n) is 2.09. The summed E-state index contributed by atoms with van der Waals surface area (Å²) in [4.78, 5) is 16.3. The van der Waals surface area contributed by atoms with Crippen LogP contribution >= 0.6 is 0 Å². The van der Waals surface area contributed by atoms with Crippen LogP contribution in [0.3, 0.4) is 0 Å². The van der Waals surface area contributed by atoms with Crippen molar-refractivity contribution >= 4 is 11.7 Å². The fourth-order valence-corrected chi connectivity index (χ4v) is 2.09. The van der Waals surface area contributed by atoms with Gasteiger partial charge in [0, 0.05) is 12.1 Å². The molecule has 1 aromatic rings. The summed E-state index contributed by atoms with van der Waals surface area (Å²) in [6, 6.07) is 7.15. The number of rotatable bonds is 5. The molecule has 0 spiro atoms. The molecule has 0 bridgehead atoms. The first kappa shape index (κ1) is 13.0. The lowest BCUT2D eigenvalue weighted by atomic mass is 9.96. The second-order valence-electron chi connectivity index (χ2n) is 4.64. The lowest BCUT2D eigenvalue weighted by Gasteiger charge is -2.17. The highest BCUT2D eigenvalue weighted by Gasteiger charge is 2.50. The molecule has 0 radical (unpaired) electrons. The topological polar surface area (TPSA) is 63.0 Å². The average Bonchev–Trinajstić information content (AvgIpc) is 3.18. The van der Waals surface area contributed by atoms with Crippen molar-refractivity contribution < 1.29 is 19.6 Å². The summed E-state index contributed by atoms with van der Waals surface area (Å²) in [5.41, 5.74) is 1.22. The smallest absolute Gasteiger partial charge is 0.312 e. The standard InChI is InChI=1S/C13H17NO4/c1-17-12(15)13(7-8-13)9-10-3-5-11(6-4-10)14(16)18-2/h3-6,14H,7-9H2,1-2H3. The van der Waals surface area contributed by atoms with E-state index in [1.165, 1.54) is 14.2 Å². The predicted molar refractivity (Wildman–Crippen MR) is 64.8 cm³/mol. The van der Waals surface area contributed by atoms with Crippen LogP contribution in [0, 0.1) is 10.6 Å². The summed E-state index contributed by atoms with van der Waals surface area (Å²) in [7, 11) is 2.77. The second kappa shape index (κ2) is 5.06. The highest BCUT2D eigenvalue weighted by atomic mass is 16.9. The monoisotopic (exact) mass is 251 g/mol. The Balaban J connectivity index is 2.05. The number of methoxy groups -OCH3 is 1. The third-order valence-corrected chi connectivity index (χ3v) is 3.39. The summed E-state index contributed by atoms with van der Waals surface area (Å²) in [6.07, 6.45) is 2.41. The quantitative estimate of drug-likeness (QED) is 0.620. The molecule has 0 heterocycles. The zero-order chi connectivity index (χ0) is 13.2. The van der Waals surface area contributed by atoms with E-state index in [0.29, 0.717) is 12.1 Å². The first-order valence-electron chi connectivity index (χ1n) is 5.87. The molecule has 1 atom stereocenters. The number of quaternary nitrogens is 1. The van der Waals surface area contributed by atoms with Gasteiger partial charge in [0.2, 0.25) is 0 Å². The molecule has 2 rings (SSSR count). The summed E-state index contributed by atoms with van der Waals surface area (Å²) < 4.78 is 4.82. The minimum Gasteiger partial charge on any atom is -0.595 e.